The van der Waals surface area contributed by atoms with Gasteiger partial charge >= 0.3 is 0 Å². The first kappa shape index (κ1) is 15.4. The topological polar surface area (TPSA) is 51.0 Å². The van der Waals surface area contributed by atoms with E-state index >= 15 is 0 Å². The van der Waals surface area contributed by atoms with Crippen molar-refractivity contribution in [2.75, 3.05) is 14.2 Å². The minimum Gasteiger partial charge on any atom is -0.387 e. The van der Waals surface area contributed by atoms with E-state index in [9.17, 15) is 5.11 Å². The molecule has 0 saturated carbocycles. The van der Waals surface area contributed by atoms with E-state index in [2.05, 4.69) is 0 Å². The Labute approximate surface area is 134 Å². The van der Waals surface area contributed by atoms with Crippen molar-refractivity contribution in [2.24, 2.45) is 4.99 Å². The molecule has 5 heteroatoms. The number of aliphatic hydroxyl groups excluding tert-OH is 1. The molecule has 0 fully saturated rings. The number of fused-ring (bicyclic) bond motifs is 2. The highest BCUT2D eigenvalue weighted by Gasteiger charge is 2.40. The van der Waals surface area contributed by atoms with Gasteiger partial charge in [0, 0.05) is 30.0 Å². The highest BCUT2D eigenvalue weighted by atomic mass is 35.5. The van der Waals surface area contributed by atoms with Crippen LogP contribution in [0.5, 0.6) is 0 Å². The number of hydrogen-bond acceptors (Lipinski definition) is 4. The number of halogens is 1. The van der Waals surface area contributed by atoms with Gasteiger partial charge in [0.05, 0.1) is 11.4 Å². The van der Waals surface area contributed by atoms with Crippen molar-refractivity contribution in [1.82, 2.24) is 0 Å². The summed E-state index contributed by atoms with van der Waals surface area (Å²) in [5.74, 6) is -1.19. The molecule has 1 aliphatic carbocycles. The van der Waals surface area contributed by atoms with Gasteiger partial charge in [0.15, 0.2) is 0 Å². The van der Waals surface area contributed by atoms with Crippen LogP contribution in [0.2, 0.25) is 5.02 Å². The van der Waals surface area contributed by atoms with Crippen molar-refractivity contribution in [3.8, 4) is 0 Å². The van der Waals surface area contributed by atoms with E-state index < -0.39 is 11.9 Å². The van der Waals surface area contributed by atoms with Gasteiger partial charge in [0.2, 0.25) is 5.79 Å². The highest BCUT2D eigenvalue weighted by Crippen LogP contribution is 2.33. The molecule has 0 saturated heterocycles. The van der Waals surface area contributed by atoms with Gasteiger partial charge < -0.3 is 14.6 Å². The second kappa shape index (κ2) is 5.63. The summed E-state index contributed by atoms with van der Waals surface area (Å²) in [6.07, 6.45) is 5.03. The zero-order chi connectivity index (χ0) is 15.9. The van der Waals surface area contributed by atoms with Gasteiger partial charge in [-0.05, 0) is 36.8 Å². The Morgan fingerprint density at radius 1 is 1.27 bits per heavy atom. The normalized spacial score (nSPS) is 21.0. The van der Waals surface area contributed by atoms with Crippen LogP contribution in [0.1, 0.15) is 6.92 Å². The average molecular weight is 320 g/mol. The summed E-state index contributed by atoms with van der Waals surface area (Å²) < 4.78 is 10.9. The lowest BCUT2D eigenvalue weighted by atomic mass is 9.90. The molecule has 0 radical (unpaired) electrons. The van der Waals surface area contributed by atoms with E-state index in [1.165, 1.54) is 14.2 Å². The second-order valence-corrected chi connectivity index (χ2v) is 5.83. The molecule has 1 aliphatic heterocycles. The fraction of sp³-hybridized carbons (Fsp3) is 0.353. The Balaban J connectivity index is 2.10. The van der Waals surface area contributed by atoms with E-state index in [-0.39, 0.29) is 6.04 Å². The third-order valence-corrected chi connectivity index (χ3v) is 4.44. The largest absolute Gasteiger partial charge is 0.387 e. The van der Waals surface area contributed by atoms with Crippen LogP contribution < -0.4 is 10.6 Å². The van der Waals surface area contributed by atoms with Crippen LogP contribution in [0.4, 0.5) is 0 Å². The SMILES string of the molecule is COC(OC)(C1=C[C@H]2N=c3ccc(Cl)cc3=C2C=C1)[C@@H](C)O. The first-order chi connectivity index (χ1) is 10.5. The molecule has 0 unspecified atom stereocenters. The molecule has 0 amide bonds. The number of benzene rings is 1. The summed E-state index contributed by atoms with van der Waals surface area (Å²) >= 11 is 6.07. The predicted molar refractivity (Wildman–Crippen MR) is 85.1 cm³/mol. The highest BCUT2D eigenvalue weighted by molar-refractivity contribution is 6.30. The summed E-state index contributed by atoms with van der Waals surface area (Å²) in [7, 11) is 3.04. The number of rotatable bonds is 4. The van der Waals surface area contributed by atoms with Gasteiger partial charge in [0.25, 0.3) is 0 Å². The molecule has 4 nitrogen and oxygen atoms in total. The van der Waals surface area contributed by atoms with E-state index in [0.29, 0.717) is 5.02 Å². The maximum absolute atomic E-state index is 10.1. The Morgan fingerprint density at radius 3 is 2.64 bits per heavy atom. The molecule has 22 heavy (non-hydrogen) atoms. The van der Waals surface area contributed by atoms with Crippen molar-refractivity contribution in [3.05, 3.63) is 57.6 Å². The Bertz CT molecular complexity index is 776. The van der Waals surface area contributed by atoms with Gasteiger partial charge in [-0.1, -0.05) is 23.8 Å². The summed E-state index contributed by atoms with van der Waals surface area (Å²) in [6, 6.07) is 5.56. The zero-order valence-electron chi connectivity index (χ0n) is 12.7. The summed E-state index contributed by atoms with van der Waals surface area (Å²) in [5.41, 5.74) is 1.84. The number of methoxy groups -OCH3 is 2. The molecule has 0 bridgehead atoms. The summed E-state index contributed by atoms with van der Waals surface area (Å²) in [6.45, 7) is 1.64. The van der Waals surface area contributed by atoms with Gasteiger partial charge in [-0.25, -0.2) is 0 Å². The van der Waals surface area contributed by atoms with E-state index in [0.717, 1.165) is 21.7 Å². The second-order valence-electron chi connectivity index (χ2n) is 5.40. The van der Waals surface area contributed by atoms with Crippen LogP contribution in [-0.4, -0.2) is 37.3 Å². The van der Waals surface area contributed by atoms with Crippen molar-refractivity contribution in [2.45, 2.75) is 24.9 Å². The van der Waals surface area contributed by atoms with Crippen LogP contribution in [0.15, 0.2) is 47.0 Å². The zero-order valence-corrected chi connectivity index (χ0v) is 13.5. The molecule has 116 valence electrons. The Kier molecular flexibility index (Phi) is 3.95. The van der Waals surface area contributed by atoms with Crippen LogP contribution in [0.3, 0.4) is 0 Å². The van der Waals surface area contributed by atoms with Crippen molar-refractivity contribution >= 4 is 17.2 Å². The van der Waals surface area contributed by atoms with Crippen molar-refractivity contribution in [1.29, 1.82) is 0 Å². The molecule has 0 aromatic heterocycles. The van der Waals surface area contributed by atoms with Gasteiger partial charge in [0.1, 0.15) is 6.10 Å². The average Bonchev–Trinajstić information content (AvgIpc) is 2.86. The predicted octanol–water partition coefficient (Wildman–Crippen LogP) is 1.36. The maximum atomic E-state index is 10.1. The van der Waals surface area contributed by atoms with Gasteiger partial charge in [-0.2, -0.15) is 0 Å². The third-order valence-electron chi connectivity index (χ3n) is 4.21. The van der Waals surface area contributed by atoms with Crippen molar-refractivity contribution in [3.63, 3.8) is 0 Å². The first-order valence-electron chi connectivity index (χ1n) is 7.08. The number of hydrogen-bond donors (Lipinski definition) is 1. The number of nitrogens with zero attached hydrogens (tertiary/aromatic N) is 1. The minimum atomic E-state index is -1.19. The Hall–Kier alpha value is -1.46. The molecule has 2 aliphatic rings. The van der Waals surface area contributed by atoms with Crippen molar-refractivity contribution < 1.29 is 14.6 Å². The quantitative estimate of drug-likeness (QED) is 0.853. The lowest BCUT2D eigenvalue weighted by molar-refractivity contribution is -0.227. The van der Waals surface area contributed by atoms with Crippen LogP contribution in [0, 0.1) is 0 Å². The molecular formula is C17H18ClNO3. The molecule has 3 rings (SSSR count). The maximum Gasteiger partial charge on any atom is 0.220 e. The van der Waals surface area contributed by atoms with Crippen LogP contribution in [0.25, 0.3) is 5.57 Å². The molecule has 1 aromatic rings. The van der Waals surface area contributed by atoms with Crippen LogP contribution >= 0.6 is 11.6 Å². The van der Waals surface area contributed by atoms with E-state index in [1.807, 2.05) is 36.4 Å². The molecule has 2 atom stereocenters. The monoisotopic (exact) mass is 319 g/mol. The standard InChI is InChI=1S/C17H18ClNO3/c1-10(20)17(21-2,22-3)11-4-6-13-14-9-12(18)5-7-15(14)19-16(13)8-11/h4-10,16,20H,1-3H3/t10-,16-/m1/s1. The molecular weight excluding hydrogens is 302 g/mol. The smallest absolute Gasteiger partial charge is 0.220 e. The molecule has 1 heterocycles. The van der Waals surface area contributed by atoms with Gasteiger partial charge in [-0.15, -0.1) is 0 Å². The minimum absolute atomic E-state index is 0.114. The first-order valence-corrected chi connectivity index (χ1v) is 7.46. The fourth-order valence-electron chi connectivity index (χ4n) is 3.09. The molecule has 1 aromatic carbocycles. The van der Waals surface area contributed by atoms with E-state index in [4.69, 9.17) is 26.1 Å². The molecule has 1 N–H and O–H groups in total. The third kappa shape index (κ3) is 2.23. The Morgan fingerprint density at radius 2 is 2.00 bits per heavy atom. The summed E-state index contributed by atoms with van der Waals surface area (Å²) in [4.78, 5) is 4.69. The lowest BCUT2D eigenvalue weighted by Crippen LogP contribution is -2.46. The summed E-state index contributed by atoms with van der Waals surface area (Å²) in [5, 5.41) is 12.7. The fourth-order valence-corrected chi connectivity index (χ4v) is 3.26. The lowest BCUT2D eigenvalue weighted by Gasteiger charge is -2.36. The molecule has 0 spiro atoms. The number of ether oxygens (including phenoxy) is 2. The number of aliphatic hydroxyl groups is 1. The van der Waals surface area contributed by atoms with Crippen LogP contribution in [-0.2, 0) is 9.47 Å². The van der Waals surface area contributed by atoms with Gasteiger partial charge in [-0.3, -0.25) is 4.99 Å². The van der Waals surface area contributed by atoms with E-state index in [1.54, 1.807) is 6.92 Å².